The van der Waals surface area contributed by atoms with Gasteiger partial charge in [0.1, 0.15) is 30.8 Å². The minimum Gasteiger partial charge on any atom is -0.489 e. The summed E-state index contributed by atoms with van der Waals surface area (Å²) in [5.41, 5.74) is 1.10. The van der Waals surface area contributed by atoms with Gasteiger partial charge in [0, 0.05) is 45.2 Å². The Bertz CT molecular complexity index is 1140. The van der Waals surface area contributed by atoms with Crippen molar-refractivity contribution in [1.82, 2.24) is 15.1 Å². The first-order valence-corrected chi connectivity index (χ1v) is 12.5. The van der Waals surface area contributed by atoms with E-state index in [9.17, 15) is 4.79 Å². The maximum atomic E-state index is 12.6. The van der Waals surface area contributed by atoms with E-state index in [-0.39, 0.29) is 12.0 Å². The number of nitrogens with zero attached hydrogens (tertiary/aromatic N) is 2. The molecule has 0 bridgehead atoms. The Kier molecular flexibility index (Phi) is 7.73. The Morgan fingerprint density at radius 3 is 2.69 bits per heavy atom. The van der Waals surface area contributed by atoms with Crippen LogP contribution in [0, 0.1) is 0 Å². The molecule has 5 rings (SSSR count). The summed E-state index contributed by atoms with van der Waals surface area (Å²) in [6.45, 7) is 6.22. The summed E-state index contributed by atoms with van der Waals surface area (Å²) in [7, 11) is 2.13. The number of nitrogens with one attached hydrogen (secondary N) is 1. The van der Waals surface area contributed by atoms with Crippen LogP contribution < -0.4 is 19.5 Å². The van der Waals surface area contributed by atoms with Gasteiger partial charge in [-0.2, -0.15) is 0 Å². The lowest BCUT2D eigenvalue weighted by Gasteiger charge is -2.31. The first-order chi connectivity index (χ1) is 17.6. The number of carbonyl (C=O) groups is 1. The Labute approximate surface area is 211 Å². The molecule has 1 fully saturated rings. The molecule has 3 heterocycles. The molecule has 8 nitrogen and oxygen atoms in total. The molecule has 1 N–H and O–H groups in total. The fraction of sp³-hybridized carbons (Fsp3) is 0.393. The molecule has 2 aliphatic heterocycles. The number of amides is 1. The molecule has 0 spiro atoms. The van der Waals surface area contributed by atoms with Crippen LogP contribution in [-0.4, -0.2) is 68.2 Å². The van der Waals surface area contributed by atoms with Gasteiger partial charge in [-0.15, -0.1) is 0 Å². The van der Waals surface area contributed by atoms with Gasteiger partial charge in [-0.1, -0.05) is 30.3 Å². The zero-order valence-electron chi connectivity index (χ0n) is 20.7. The van der Waals surface area contributed by atoms with Gasteiger partial charge in [-0.3, -0.25) is 9.69 Å². The molecule has 1 amide bonds. The minimum atomic E-state index is -0.214. The molecule has 2 aromatic carbocycles. The number of likely N-dealkylation sites (N-methyl/N-ethyl adjacent to an activating group) is 1. The molecular formula is C28H33N3O5. The highest BCUT2D eigenvalue weighted by Crippen LogP contribution is 2.35. The van der Waals surface area contributed by atoms with Crippen molar-refractivity contribution >= 4 is 5.91 Å². The monoisotopic (exact) mass is 491 g/mol. The highest BCUT2D eigenvalue weighted by atomic mass is 16.6. The molecule has 8 heteroatoms. The lowest BCUT2D eigenvalue weighted by atomic mass is 10.2. The number of fused-ring (bicyclic) bond motifs is 1. The summed E-state index contributed by atoms with van der Waals surface area (Å²) < 4.78 is 23.7. The lowest BCUT2D eigenvalue weighted by Crippen LogP contribution is -2.43. The zero-order valence-corrected chi connectivity index (χ0v) is 20.7. The molecule has 1 unspecified atom stereocenters. The predicted octanol–water partition coefficient (Wildman–Crippen LogP) is 3.57. The van der Waals surface area contributed by atoms with Crippen LogP contribution in [0.3, 0.4) is 0 Å². The summed E-state index contributed by atoms with van der Waals surface area (Å²) in [4.78, 5) is 17.2. The van der Waals surface area contributed by atoms with E-state index in [1.165, 1.54) is 0 Å². The topological polar surface area (TPSA) is 76.4 Å². The number of hydrogen-bond donors (Lipinski definition) is 1. The van der Waals surface area contributed by atoms with Crippen molar-refractivity contribution in [3.8, 4) is 17.2 Å². The molecule has 0 radical (unpaired) electrons. The molecule has 3 aromatic rings. The lowest BCUT2D eigenvalue weighted by molar-refractivity contribution is 0.0798. The quantitative estimate of drug-likeness (QED) is 0.490. The van der Waals surface area contributed by atoms with Crippen molar-refractivity contribution in [3.05, 3.63) is 77.7 Å². The number of rotatable bonds is 9. The van der Waals surface area contributed by atoms with Crippen LogP contribution in [0.1, 0.15) is 28.3 Å². The third-order valence-electron chi connectivity index (χ3n) is 6.49. The molecule has 190 valence electrons. The number of carbonyl (C=O) groups excluding carboxylic acids is 1. The fourth-order valence-electron chi connectivity index (χ4n) is 4.31. The summed E-state index contributed by atoms with van der Waals surface area (Å²) in [6, 6.07) is 19.3. The second-order valence-corrected chi connectivity index (χ2v) is 9.32. The van der Waals surface area contributed by atoms with Crippen molar-refractivity contribution in [2.24, 2.45) is 0 Å². The normalized spacial score (nSPS) is 18.1. The molecule has 0 aliphatic carbocycles. The van der Waals surface area contributed by atoms with E-state index in [1.807, 2.05) is 54.6 Å². The first-order valence-electron chi connectivity index (χ1n) is 12.5. The standard InChI is InChI=1S/C28H33N3O5/c1-30-13-15-31(16-14-30)18-23-8-10-26(35-23)28(32)29-12-11-24-20-34-25-9-7-22(17-27(25)36-24)33-19-21-5-3-2-4-6-21/h2-10,17,24H,11-16,18-20H2,1H3,(H,29,32). The number of hydrogen-bond acceptors (Lipinski definition) is 7. The van der Waals surface area contributed by atoms with Crippen molar-refractivity contribution in [2.75, 3.05) is 46.4 Å². The smallest absolute Gasteiger partial charge is 0.286 e. The molecule has 36 heavy (non-hydrogen) atoms. The zero-order chi connectivity index (χ0) is 24.7. The Balaban J connectivity index is 1.06. The van der Waals surface area contributed by atoms with E-state index in [2.05, 4.69) is 22.2 Å². The number of furan rings is 1. The van der Waals surface area contributed by atoms with Gasteiger partial charge in [-0.05, 0) is 36.9 Å². The van der Waals surface area contributed by atoms with Crippen molar-refractivity contribution in [3.63, 3.8) is 0 Å². The molecule has 1 saturated heterocycles. The summed E-state index contributed by atoms with van der Waals surface area (Å²) >= 11 is 0. The summed E-state index contributed by atoms with van der Waals surface area (Å²) in [5.74, 6) is 3.02. The van der Waals surface area contributed by atoms with Crippen LogP contribution in [0.2, 0.25) is 0 Å². The summed E-state index contributed by atoms with van der Waals surface area (Å²) in [5, 5.41) is 2.93. The van der Waals surface area contributed by atoms with Crippen molar-refractivity contribution < 1.29 is 23.4 Å². The summed E-state index contributed by atoms with van der Waals surface area (Å²) in [6.07, 6.45) is 0.460. The number of benzene rings is 2. The third-order valence-corrected chi connectivity index (χ3v) is 6.49. The predicted molar refractivity (Wildman–Crippen MR) is 136 cm³/mol. The van der Waals surface area contributed by atoms with E-state index in [1.54, 1.807) is 6.07 Å². The Morgan fingerprint density at radius 1 is 1.03 bits per heavy atom. The minimum absolute atomic E-state index is 0.161. The second kappa shape index (κ2) is 11.5. The highest BCUT2D eigenvalue weighted by Gasteiger charge is 2.22. The van der Waals surface area contributed by atoms with E-state index in [0.717, 1.165) is 49.8 Å². The third kappa shape index (κ3) is 6.38. The number of piperazine rings is 1. The average molecular weight is 492 g/mol. The molecule has 2 aliphatic rings. The van der Waals surface area contributed by atoms with Gasteiger partial charge in [0.2, 0.25) is 0 Å². The van der Waals surface area contributed by atoms with Gasteiger partial charge >= 0.3 is 0 Å². The maximum Gasteiger partial charge on any atom is 0.286 e. The molecule has 1 aromatic heterocycles. The van der Waals surface area contributed by atoms with Gasteiger partial charge in [0.15, 0.2) is 17.3 Å². The van der Waals surface area contributed by atoms with Crippen LogP contribution >= 0.6 is 0 Å². The van der Waals surface area contributed by atoms with Crippen LogP contribution in [0.5, 0.6) is 17.2 Å². The van der Waals surface area contributed by atoms with E-state index >= 15 is 0 Å². The first kappa shape index (κ1) is 24.2. The van der Waals surface area contributed by atoms with Crippen LogP contribution in [-0.2, 0) is 13.2 Å². The van der Waals surface area contributed by atoms with Gasteiger partial charge in [0.05, 0.1) is 6.54 Å². The highest BCUT2D eigenvalue weighted by molar-refractivity contribution is 5.91. The van der Waals surface area contributed by atoms with Crippen LogP contribution in [0.15, 0.2) is 65.1 Å². The van der Waals surface area contributed by atoms with E-state index in [4.69, 9.17) is 18.6 Å². The van der Waals surface area contributed by atoms with Crippen molar-refractivity contribution in [2.45, 2.75) is 25.7 Å². The molecular weight excluding hydrogens is 458 g/mol. The van der Waals surface area contributed by atoms with Gasteiger partial charge in [-0.25, -0.2) is 0 Å². The SMILES string of the molecule is CN1CCN(Cc2ccc(C(=O)NCCC3COc4ccc(OCc5ccccc5)cc4O3)o2)CC1. The van der Waals surface area contributed by atoms with E-state index < -0.39 is 0 Å². The largest absolute Gasteiger partial charge is 0.489 e. The Morgan fingerprint density at radius 2 is 1.86 bits per heavy atom. The number of ether oxygens (including phenoxy) is 3. The average Bonchev–Trinajstić information content (AvgIpc) is 3.38. The second-order valence-electron chi connectivity index (χ2n) is 9.32. The van der Waals surface area contributed by atoms with Crippen LogP contribution in [0.4, 0.5) is 0 Å². The molecule has 1 atom stereocenters. The van der Waals surface area contributed by atoms with E-state index in [0.29, 0.717) is 43.4 Å². The van der Waals surface area contributed by atoms with Crippen LogP contribution in [0.25, 0.3) is 0 Å². The Hall–Kier alpha value is -3.49. The van der Waals surface area contributed by atoms with Gasteiger partial charge in [0.25, 0.3) is 5.91 Å². The fourth-order valence-corrected chi connectivity index (χ4v) is 4.31. The van der Waals surface area contributed by atoms with Crippen molar-refractivity contribution in [1.29, 1.82) is 0 Å². The molecule has 0 saturated carbocycles. The maximum absolute atomic E-state index is 12.6. The van der Waals surface area contributed by atoms with Gasteiger partial charge < -0.3 is 28.8 Å².